The molecule has 1 atom stereocenters. The molecule has 0 aliphatic carbocycles. The summed E-state index contributed by atoms with van der Waals surface area (Å²) in [6.45, 7) is 2.79. The van der Waals surface area contributed by atoms with Crippen molar-refractivity contribution in [2.24, 2.45) is 0 Å². The minimum Gasteiger partial charge on any atom is -0.490 e. The van der Waals surface area contributed by atoms with Crippen molar-refractivity contribution >= 4 is 0 Å². The lowest BCUT2D eigenvalue weighted by atomic mass is 10.1. The third kappa shape index (κ3) is 2.85. The second kappa shape index (κ2) is 5.72. The van der Waals surface area contributed by atoms with Gasteiger partial charge >= 0.3 is 0 Å². The highest BCUT2D eigenvalue weighted by Gasteiger charge is 2.18. The minimum atomic E-state index is 0.325. The quantitative estimate of drug-likeness (QED) is 0.890. The van der Waals surface area contributed by atoms with E-state index in [0.29, 0.717) is 12.1 Å². The first-order valence-electron chi connectivity index (χ1n) is 6.99. The smallest absolute Gasteiger partial charge is 0.120 e. The van der Waals surface area contributed by atoms with E-state index in [1.54, 1.807) is 0 Å². The van der Waals surface area contributed by atoms with Crippen LogP contribution in [0, 0.1) is 0 Å². The van der Waals surface area contributed by atoms with Crippen LogP contribution in [-0.2, 0) is 4.74 Å². The van der Waals surface area contributed by atoms with E-state index in [0.717, 1.165) is 38.3 Å². The molecule has 0 spiro atoms. The van der Waals surface area contributed by atoms with E-state index in [9.17, 15) is 0 Å². The lowest BCUT2D eigenvalue weighted by Crippen LogP contribution is -2.26. The van der Waals surface area contributed by atoms with Crippen LogP contribution < -0.4 is 10.1 Å². The zero-order valence-corrected chi connectivity index (χ0v) is 10.7. The third-order valence-electron chi connectivity index (χ3n) is 3.79. The Balaban J connectivity index is 1.66. The molecule has 0 amide bonds. The Morgan fingerprint density at radius 2 is 2.06 bits per heavy atom. The molecule has 0 bridgehead atoms. The van der Waals surface area contributed by atoms with Crippen molar-refractivity contribution in [3.63, 3.8) is 0 Å². The average molecular weight is 247 g/mol. The van der Waals surface area contributed by atoms with Crippen molar-refractivity contribution < 1.29 is 9.47 Å². The van der Waals surface area contributed by atoms with Crippen LogP contribution in [0.4, 0.5) is 0 Å². The van der Waals surface area contributed by atoms with E-state index >= 15 is 0 Å². The van der Waals surface area contributed by atoms with E-state index in [1.807, 2.05) is 0 Å². The Bertz CT molecular complexity index is 382. The van der Waals surface area contributed by atoms with Gasteiger partial charge in [-0.2, -0.15) is 0 Å². The standard InChI is InChI=1S/C15H21NO2/c1-3-12(15-5-2-8-16-15)11-14(4-1)18-13-6-9-17-10-7-13/h1,3-4,11,13,15-16H,2,5-10H2. The van der Waals surface area contributed by atoms with E-state index in [1.165, 1.54) is 18.4 Å². The Morgan fingerprint density at radius 3 is 2.83 bits per heavy atom. The number of benzene rings is 1. The highest BCUT2D eigenvalue weighted by molar-refractivity contribution is 5.31. The molecule has 3 rings (SSSR count). The predicted molar refractivity (Wildman–Crippen MR) is 70.9 cm³/mol. The number of ether oxygens (including phenoxy) is 2. The summed E-state index contributed by atoms with van der Waals surface area (Å²) in [6.07, 6.45) is 4.85. The van der Waals surface area contributed by atoms with Crippen molar-refractivity contribution in [1.82, 2.24) is 5.32 Å². The maximum Gasteiger partial charge on any atom is 0.120 e. The van der Waals surface area contributed by atoms with Crippen LogP contribution in [0.3, 0.4) is 0 Å². The molecule has 2 aliphatic rings. The highest BCUT2D eigenvalue weighted by Crippen LogP contribution is 2.27. The third-order valence-corrected chi connectivity index (χ3v) is 3.79. The first kappa shape index (κ1) is 12.0. The zero-order chi connectivity index (χ0) is 12.2. The van der Waals surface area contributed by atoms with Gasteiger partial charge in [0.2, 0.25) is 0 Å². The summed E-state index contributed by atoms with van der Waals surface area (Å²) in [5, 5.41) is 3.53. The predicted octanol–water partition coefficient (Wildman–Crippen LogP) is 2.67. The van der Waals surface area contributed by atoms with Gasteiger partial charge in [0.05, 0.1) is 13.2 Å². The molecule has 2 heterocycles. The molecule has 0 radical (unpaired) electrons. The first-order valence-corrected chi connectivity index (χ1v) is 6.99. The van der Waals surface area contributed by atoms with E-state index in [-0.39, 0.29) is 0 Å². The van der Waals surface area contributed by atoms with Crippen molar-refractivity contribution in [3.05, 3.63) is 29.8 Å². The van der Waals surface area contributed by atoms with E-state index in [2.05, 4.69) is 29.6 Å². The van der Waals surface area contributed by atoms with E-state index < -0.39 is 0 Å². The van der Waals surface area contributed by atoms with Gasteiger partial charge in [-0.3, -0.25) is 0 Å². The van der Waals surface area contributed by atoms with Gasteiger partial charge in [0.25, 0.3) is 0 Å². The number of rotatable bonds is 3. The fourth-order valence-corrected chi connectivity index (χ4v) is 2.76. The van der Waals surface area contributed by atoms with Gasteiger partial charge in [-0.25, -0.2) is 0 Å². The van der Waals surface area contributed by atoms with Gasteiger partial charge in [-0.1, -0.05) is 12.1 Å². The minimum absolute atomic E-state index is 0.325. The lowest BCUT2D eigenvalue weighted by Gasteiger charge is -2.23. The molecular formula is C15H21NO2. The molecule has 98 valence electrons. The zero-order valence-electron chi connectivity index (χ0n) is 10.7. The molecule has 1 aromatic carbocycles. The summed E-state index contributed by atoms with van der Waals surface area (Å²) in [5.74, 6) is 1.01. The van der Waals surface area contributed by atoms with Crippen molar-refractivity contribution in [3.8, 4) is 5.75 Å². The maximum atomic E-state index is 6.05. The molecule has 18 heavy (non-hydrogen) atoms. The fraction of sp³-hybridized carbons (Fsp3) is 0.600. The Hall–Kier alpha value is -1.06. The second-order valence-corrected chi connectivity index (χ2v) is 5.15. The fourth-order valence-electron chi connectivity index (χ4n) is 2.76. The van der Waals surface area contributed by atoms with Crippen molar-refractivity contribution in [2.75, 3.05) is 19.8 Å². The number of nitrogens with one attached hydrogen (secondary N) is 1. The molecule has 1 aromatic rings. The molecule has 3 heteroatoms. The van der Waals surface area contributed by atoms with Crippen LogP contribution in [0.15, 0.2) is 24.3 Å². The average Bonchev–Trinajstić information content (AvgIpc) is 2.94. The van der Waals surface area contributed by atoms with Crippen molar-refractivity contribution in [1.29, 1.82) is 0 Å². The molecule has 1 N–H and O–H groups in total. The second-order valence-electron chi connectivity index (χ2n) is 5.15. The van der Waals surface area contributed by atoms with Crippen LogP contribution >= 0.6 is 0 Å². The van der Waals surface area contributed by atoms with Crippen LogP contribution in [0.5, 0.6) is 5.75 Å². The van der Waals surface area contributed by atoms with Crippen molar-refractivity contribution in [2.45, 2.75) is 37.8 Å². The Morgan fingerprint density at radius 1 is 1.17 bits per heavy atom. The first-order chi connectivity index (χ1) is 8.92. The summed E-state index contributed by atoms with van der Waals surface area (Å²) in [6, 6.07) is 9.07. The van der Waals surface area contributed by atoms with Gasteiger partial charge in [0.1, 0.15) is 11.9 Å². The topological polar surface area (TPSA) is 30.5 Å². The van der Waals surface area contributed by atoms with E-state index in [4.69, 9.17) is 9.47 Å². The Kier molecular flexibility index (Phi) is 3.81. The van der Waals surface area contributed by atoms with Crippen LogP contribution in [0.25, 0.3) is 0 Å². The molecule has 3 nitrogen and oxygen atoms in total. The molecule has 0 aromatic heterocycles. The van der Waals surface area contributed by atoms with Gasteiger partial charge in [0.15, 0.2) is 0 Å². The summed E-state index contributed by atoms with van der Waals surface area (Å²) < 4.78 is 11.4. The maximum absolute atomic E-state index is 6.05. The van der Waals surface area contributed by atoms with Crippen LogP contribution in [0.2, 0.25) is 0 Å². The van der Waals surface area contributed by atoms with Gasteiger partial charge in [-0.15, -0.1) is 0 Å². The summed E-state index contributed by atoms with van der Waals surface area (Å²) >= 11 is 0. The molecule has 2 fully saturated rings. The normalized spacial score (nSPS) is 25.2. The van der Waals surface area contributed by atoms with Crippen LogP contribution in [-0.4, -0.2) is 25.9 Å². The van der Waals surface area contributed by atoms with Crippen LogP contribution in [0.1, 0.15) is 37.3 Å². The molecule has 1 unspecified atom stereocenters. The van der Waals surface area contributed by atoms with Gasteiger partial charge in [0, 0.05) is 18.9 Å². The molecule has 2 aliphatic heterocycles. The largest absolute Gasteiger partial charge is 0.490 e. The molecular weight excluding hydrogens is 226 g/mol. The lowest BCUT2D eigenvalue weighted by molar-refractivity contribution is 0.0255. The molecule has 0 saturated carbocycles. The summed E-state index contributed by atoms with van der Waals surface area (Å²) in [5.41, 5.74) is 1.36. The monoisotopic (exact) mass is 247 g/mol. The highest BCUT2D eigenvalue weighted by atomic mass is 16.5. The number of hydrogen-bond donors (Lipinski definition) is 1. The summed E-state index contributed by atoms with van der Waals surface area (Å²) in [7, 11) is 0. The number of hydrogen-bond acceptors (Lipinski definition) is 3. The molecule has 2 saturated heterocycles. The van der Waals surface area contributed by atoms with Gasteiger partial charge in [-0.05, 0) is 37.1 Å². The van der Waals surface area contributed by atoms with Gasteiger partial charge < -0.3 is 14.8 Å². The SMILES string of the molecule is c1cc(OC2CCOCC2)cc(C2CCCN2)c1. The summed E-state index contributed by atoms with van der Waals surface area (Å²) in [4.78, 5) is 0. The Labute approximate surface area is 108 Å².